The van der Waals surface area contributed by atoms with E-state index < -0.39 is 0 Å². The van der Waals surface area contributed by atoms with Crippen LogP contribution in [0.25, 0.3) is 60.1 Å². The van der Waals surface area contributed by atoms with Crippen molar-refractivity contribution in [3.63, 3.8) is 0 Å². The van der Waals surface area contributed by atoms with Crippen LogP contribution in [-0.2, 0) is 0 Å². The van der Waals surface area contributed by atoms with Crippen molar-refractivity contribution in [2.45, 2.75) is 6.92 Å². The molecule has 1 nitrogen and oxygen atoms in total. The molecule has 1 N–H and O–H groups in total. The first-order chi connectivity index (χ1) is 23.3. The lowest BCUT2D eigenvalue weighted by molar-refractivity contribution is 0.569. The zero-order valence-electron chi connectivity index (χ0n) is 26.5. The molecule has 6 aromatic rings. The van der Waals surface area contributed by atoms with Gasteiger partial charge in [-0.25, -0.2) is 0 Å². The SMILES string of the molecule is Cc1ccc(-c2c3ccccc3c(-c3cccc(C4=C(C5C=CC=C6C=CC=CC65)NCC=C4)c3)c3ccccc23)c2ccccc12. The monoisotopic (exact) mass is 601 g/mol. The highest BCUT2D eigenvalue weighted by Crippen LogP contribution is 2.46. The molecule has 47 heavy (non-hydrogen) atoms. The van der Waals surface area contributed by atoms with Crippen LogP contribution in [0.5, 0.6) is 0 Å². The van der Waals surface area contributed by atoms with E-state index in [0.717, 1.165) is 6.54 Å². The summed E-state index contributed by atoms with van der Waals surface area (Å²) in [6, 6.07) is 40.6. The summed E-state index contributed by atoms with van der Waals surface area (Å²) < 4.78 is 0. The van der Waals surface area contributed by atoms with Gasteiger partial charge in [0.2, 0.25) is 0 Å². The highest BCUT2D eigenvalue weighted by molar-refractivity contribution is 6.23. The maximum atomic E-state index is 3.79. The maximum absolute atomic E-state index is 3.79. The van der Waals surface area contributed by atoms with Crippen LogP contribution in [0.1, 0.15) is 11.1 Å². The first kappa shape index (κ1) is 27.6. The van der Waals surface area contributed by atoms with Gasteiger partial charge in [0.05, 0.1) is 0 Å². The summed E-state index contributed by atoms with van der Waals surface area (Å²) in [6.07, 6.45) is 20.3. The second kappa shape index (κ2) is 11.3. The summed E-state index contributed by atoms with van der Waals surface area (Å²) in [7, 11) is 0. The molecule has 0 bridgehead atoms. The van der Waals surface area contributed by atoms with E-state index in [0.29, 0.717) is 5.92 Å². The van der Waals surface area contributed by atoms with Crippen molar-refractivity contribution in [3.05, 3.63) is 186 Å². The minimum absolute atomic E-state index is 0.269. The van der Waals surface area contributed by atoms with E-state index in [-0.39, 0.29) is 5.92 Å². The van der Waals surface area contributed by atoms with Gasteiger partial charge < -0.3 is 5.32 Å². The van der Waals surface area contributed by atoms with Crippen molar-refractivity contribution in [2.24, 2.45) is 11.8 Å². The Morgan fingerprint density at radius 1 is 0.553 bits per heavy atom. The molecular weight excluding hydrogens is 567 g/mol. The van der Waals surface area contributed by atoms with E-state index in [1.54, 1.807) is 0 Å². The Balaban J connectivity index is 1.27. The number of dihydropyridines is 1. The molecule has 0 saturated heterocycles. The van der Waals surface area contributed by atoms with Crippen molar-refractivity contribution >= 4 is 37.9 Å². The number of hydrogen-bond acceptors (Lipinski definition) is 1. The lowest BCUT2D eigenvalue weighted by Gasteiger charge is -2.32. The molecule has 1 heterocycles. The smallest absolute Gasteiger partial charge is 0.0331 e. The quantitative estimate of drug-likeness (QED) is 0.198. The average Bonchev–Trinajstić information content (AvgIpc) is 3.14. The standard InChI is InChI=1S/C46H35N/c1-30-26-27-42(37-19-5-4-17-34(30)37)45-40-22-8-6-20-38(40)44(39-21-7-9-23-41(39)45)33-16-10-15-32(29-33)36-25-12-28-47-46(36)43-24-11-14-31-13-2-3-18-35(31)43/h2-27,29,35,43,47H,28H2,1H3. The van der Waals surface area contributed by atoms with Crippen molar-refractivity contribution in [2.75, 3.05) is 6.54 Å². The molecule has 0 aromatic heterocycles. The topological polar surface area (TPSA) is 12.0 Å². The minimum atomic E-state index is 0.269. The summed E-state index contributed by atoms with van der Waals surface area (Å²) in [5, 5.41) is 11.5. The van der Waals surface area contributed by atoms with Gasteiger partial charge in [-0.15, -0.1) is 0 Å². The first-order valence-electron chi connectivity index (χ1n) is 16.7. The van der Waals surface area contributed by atoms with Crippen LogP contribution in [-0.4, -0.2) is 6.54 Å². The Bertz CT molecular complexity index is 2370. The van der Waals surface area contributed by atoms with Gasteiger partial charge in [-0.2, -0.15) is 0 Å². The Kier molecular flexibility index (Phi) is 6.64. The lowest BCUT2D eigenvalue weighted by atomic mass is 9.76. The summed E-state index contributed by atoms with van der Waals surface area (Å²) >= 11 is 0. The van der Waals surface area contributed by atoms with Gasteiger partial charge in [0.15, 0.2) is 0 Å². The minimum Gasteiger partial charge on any atom is -0.384 e. The summed E-state index contributed by atoms with van der Waals surface area (Å²) in [4.78, 5) is 0. The summed E-state index contributed by atoms with van der Waals surface area (Å²) in [6.45, 7) is 3.05. The lowest BCUT2D eigenvalue weighted by Crippen LogP contribution is -2.29. The normalized spacial score (nSPS) is 18.5. The van der Waals surface area contributed by atoms with Crippen LogP contribution in [0.3, 0.4) is 0 Å². The van der Waals surface area contributed by atoms with E-state index >= 15 is 0 Å². The van der Waals surface area contributed by atoms with Crippen LogP contribution < -0.4 is 5.32 Å². The third-order valence-electron chi connectivity index (χ3n) is 10.2. The molecule has 0 fully saturated rings. The molecular formula is C46H35N. The molecule has 2 aliphatic carbocycles. The van der Waals surface area contributed by atoms with Gasteiger partial charge in [0.25, 0.3) is 0 Å². The van der Waals surface area contributed by atoms with E-state index in [1.807, 2.05) is 0 Å². The molecule has 0 spiro atoms. The molecule has 224 valence electrons. The molecule has 0 amide bonds. The second-order valence-electron chi connectivity index (χ2n) is 12.9. The third kappa shape index (κ3) is 4.54. The van der Waals surface area contributed by atoms with Gasteiger partial charge in [0.1, 0.15) is 0 Å². The van der Waals surface area contributed by atoms with Crippen molar-refractivity contribution in [3.8, 4) is 22.3 Å². The number of benzene rings is 6. The van der Waals surface area contributed by atoms with Gasteiger partial charge in [0, 0.05) is 29.7 Å². The fourth-order valence-electron chi connectivity index (χ4n) is 8.07. The van der Waals surface area contributed by atoms with Crippen LogP contribution in [0, 0.1) is 18.8 Å². The molecule has 3 aliphatic rings. The Morgan fingerprint density at radius 2 is 1.21 bits per heavy atom. The molecule has 1 heteroatoms. The second-order valence-corrected chi connectivity index (χ2v) is 12.9. The Labute approximate surface area is 276 Å². The zero-order valence-corrected chi connectivity index (χ0v) is 26.5. The Morgan fingerprint density at radius 3 is 1.98 bits per heavy atom. The van der Waals surface area contributed by atoms with E-state index in [9.17, 15) is 0 Å². The summed E-state index contributed by atoms with van der Waals surface area (Å²) in [5.74, 6) is 0.612. The van der Waals surface area contributed by atoms with Gasteiger partial charge in [-0.1, -0.05) is 158 Å². The number of aryl methyl sites for hydroxylation is 1. The largest absolute Gasteiger partial charge is 0.384 e. The molecule has 0 saturated carbocycles. The number of allylic oxidation sites excluding steroid dienone is 10. The third-order valence-corrected chi connectivity index (χ3v) is 10.2. The fraction of sp³-hybridized carbons (Fsp3) is 0.0870. The number of nitrogens with one attached hydrogen (secondary N) is 1. The van der Waals surface area contributed by atoms with E-state index in [1.165, 1.54) is 82.5 Å². The number of rotatable bonds is 4. The molecule has 9 rings (SSSR count). The Hall–Kier alpha value is -5.66. The van der Waals surface area contributed by atoms with Crippen molar-refractivity contribution in [1.82, 2.24) is 5.32 Å². The highest BCUT2D eigenvalue weighted by atomic mass is 14.9. The number of hydrogen-bond donors (Lipinski definition) is 1. The molecule has 2 atom stereocenters. The molecule has 2 unspecified atom stereocenters. The highest BCUT2D eigenvalue weighted by Gasteiger charge is 2.29. The molecule has 0 radical (unpaired) electrons. The predicted octanol–water partition coefficient (Wildman–Crippen LogP) is 11.5. The van der Waals surface area contributed by atoms with Crippen molar-refractivity contribution < 1.29 is 0 Å². The molecule has 1 aliphatic heterocycles. The van der Waals surface area contributed by atoms with Crippen molar-refractivity contribution in [1.29, 1.82) is 0 Å². The summed E-state index contributed by atoms with van der Waals surface area (Å²) in [5.41, 5.74) is 11.6. The molecule has 6 aromatic carbocycles. The van der Waals surface area contributed by atoms with Crippen LogP contribution in [0.2, 0.25) is 0 Å². The fourth-order valence-corrected chi connectivity index (χ4v) is 8.07. The van der Waals surface area contributed by atoms with E-state index in [4.69, 9.17) is 0 Å². The van der Waals surface area contributed by atoms with Gasteiger partial charge in [-0.3, -0.25) is 0 Å². The van der Waals surface area contributed by atoms with Crippen LogP contribution in [0.4, 0.5) is 0 Å². The van der Waals surface area contributed by atoms with Gasteiger partial charge in [-0.05, 0) is 84.3 Å². The average molecular weight is 602 g/mol. The van der Waals surface area contributed by atoms with E-state index in [2.05, 4.69) is 176 Å². The van der Waals surface area contributed by atoms with Crippen LogP contribution in [0.15, 0.2) is 175 Å². The van der Waals surface area contributed by atoms with Gasteiger partial charge >= 0.3 is 0 Å². The predicted molar refractivity (Wildman–Crippen MR) is 201 cm³/mol. The van der Waals surface area contributed by atoms with Crippen LogP contribution >= 0.6 is 0 Å². The number of fused-ring (bicyclic) bond motifs is 4. The first-order valence-corrected chi connectivity index (χ1v) is 16.7. The zero-order chi connectivity index (χ0) is 31.3. The maximum Gasteiger partial charge on any atom is 0.0331 e.